The van der Waals surface area contributed by atoms with Crippen LogP contribution in [0.25, 0.3) is 10.8 Å². The number of benzene rings is 3. The highest BCUT2D eigenvalue weighted by molar-refractivity contribution is 7.86. The van der Waals surface area contributed by atoms with Crippen LogP contribution < -0.4 is 0 Å². The summed E-state index contributed by atoms with van der Waals surface area (Å²) in [5.41, 5.74) is 2.11. The molecule has 0 unspecified atom stereocenters. The summed E-state index contributed by atoms with van der Waals surface area (Å²) in [7, 11) is -7.51. The van der Waals surface area contributed by atoms with Crippen LogP contribution in [0.15, 0.2) is 81.9 Å². The highest BCUT2D eigenvalue weighted by Crippen LogP contribution is 2.34. The minimum Gasteiger partial charge on any atom is -0.468 e. The van der Waals surface area contributed by atoms with Crippen molar-refractivity contribution in [3.63, 3.8) is 0 Å². The smallest absolute Gasteiger partial charge is 0.327 e. The summed E-state index contributed by atoms with van der Waals surface area (Å²) < 4.78 is 67.7. The molecular weight excluding hydrogens is 624 g/mol. The van der Waals surface area contributed by atoms with E-state index in [0.717, 1.165) is 37.2 Å². The summed E-state index contributed by atoms with van der Waals surface area (Å²) in [4.78, 5) is 15.0. The third-order valence-electron chi connectivity index (χ3n) is 6.22. The van der Waals surface area contributed by atoms with Crippen LogP contribution in [-0.2, 0) is 42.7 Å². The Balaban J connectivity index is 0.000000213. The zero-order chi connectivity index (χ0) is 31.1. The first-order valence-electron chi connectivity index (χ1n) is 12.2. The third-order valence-corrected chi connectivity index (χ3v) is 9.42. The maximum atomic E-state index is 12.3. The maximum Gasteiger partial charge on any atom is 0.327 e. The van der Waals surface area contributed by atoms with Crippen LogP contribution in [0.4, 0.5) is 0 Å². The van der Waals surface area contributed by atoms with Crippen LogP contribution in [-0.4, -0.2) is 50.5 Å². The second-order valence-electron chi connectivity index (χ2n) is 8.82. The molecule has 4 aromatic rings. The van der Waals surface area contributed by atoms with Crippen LogP contribution in [0.5, 0.6) is 0 Å². The van der Waals surface area contributed by atoms with Crippen molar-refractivity contribution in [3.8, 4) is 6.07 Å². The number of methoxy groups -OCH3 is 1. The van der Waals surface area contributed by atoms with Gasteiger partial charge in [-0.05, 0) is 47.2 Å². The fourth-order valence-corrected chi connectivity index (χ4v) is 7.02. The van der Waals surface area contributed by atoms with Crippen molar-refractivity contribution in [1.29, 1.82) is 5.26 Å². The first-order valence-corrected chi connectivity index (χ1v) is 16.4. The Morgan fingerprint density at radius 1 is 0.976 bits per heavy atom. The number of esters is 1. The van der Waals surface area contributed by atoms with Gasteiger partial charge in [0, 0.05) is 40.7 Å². The van der Waals surface area contributed by atoms with Crippen LogP contribution in [0.1, 0.15) is 29.0 Å². The molecule has 3 aromatic carbocycles. The normalized spacial score (nSPS) is 13.8. The molecule has 5 rings (SSSR count). The lowest BCUT2D eigenvalue weighted by molar-refractivity contribution is -0.147. The first-order chi connectivity index (χ1) is 19.8. The van der Waals surface area contributed by atoms with E-state index in [1.165, 1.54) is 48.7 Å². The van der Waals surface area contributed by atoms with E-state index in [4.69, 9.17) is 30.7 Å². The van der Waals surface area contributed by atoms with Crippen LogP contribution >= 0.6 is 22.9 Å². The van der Waals surface area contributed by atoms with Crippen molar-refractivity contribution in [2.24, 2.45) is 0 Å². The molecule has 1 atom stereocenters. The van der Waals surface area contributed by atoms with Gasteiger partial charge in [-0.2, -0.15) is 22.1 Å². The average molecular weight is 651 g/mol. The van der Waals surface area contributed by atoms with Gasteiger partial charge in [0.1, 0.15) is 15.8 Å². The van der Waals surface area contributed by atoms with E-state index in [2.05, 4.69) is 16.3 Å². The molecule has 1 aromatic heterocycles. The number of hydrogen-bond acceptors (Lipinski definition) is 9. The molecule has 0 fully saturated rings. The standard InChI is InChI=1S/C16H16ClNO2S.C10H8O6S2.C2H3N/c1-20-16(19)15(12-4-2-3-5-13(12)17)18-8-6-14-11(10-18)7-9-21-14;11-17(12,13)9-5-1-3-7-8(9)4-2-6-10(7)18(14,15)16;1-2-3/h2-5,7,9,15H,6,8,10H2,1H3;1-6H,(H,11,12,13)(H,14,15,16);1H3/t15-;;/m0../s1. The zero-order valence-electron chi connectivity index (χ0n) is 22.5. The fraction of sp³-hybridized carbons (Fsp3) is 0.214. The average Bonchev–Trinajstić information content (AvgIpc) is 3.41. The second-order valence-corrected chi connectivity index (χ2v) is 13.0. The zero-order valence-corrected chi connectivity index (χ0v) is 25.7. The van der Waals surface area contributed by atoms with Crippen molar-refractivity contribution in [2.75, 3.05) is 13.7 Å². The van der Waals surface area contributed by atoms with Crippen molar-refractivity contribution >= 4 is 59.9 Å². The minimum absolute atomic E-state index is 0.0233. The van der Waals surface area contributed by atoms with Crippen molar-refractivity contribution in [1.82, 2.24) is 4.90 Å². The Hall–Kier alpha value is -3.35. The van der Waals surface area contributed by atoms with Gasteiger partial charge >= 0.3 is 5.97 Å². The van der Waals surface area contributed by atoms with Gasteiger partial charge in [-0.15, -0.1) is 11.3 Å². The molecule has 0 aliphatic carbocycles. The lowest BCUT2D eigenvalue weighted by Gasteiger charge is -2.33. The van der Waals surface area contributed by atoms with Gasteiger partial charge < -0.3 is 4.74 Å². The summed E-state index contributed by atoms with van der Waals surface area (Å²) >= 11 is 8.07. The van der Waals surface area contributed by atoms with Gasteiger partial charge in [0.2, 0.25) is 0 Å². The topological polar surface area (TPSA) is 162 Å². The molecule has 0 radical (unpaired) electrons. The molecule has 0 saturated carbocycles. The molecule has 2 N–H and O–H groups in total. The molecule has 0 spiro atoms. The number of ether oxygens (including phenoxy) is 1. The Labute approximate surface area is 253 Å². The fourth-order valence-electron chi connectivity index (χ4n) is 4.47. The Kier molecular flexibility index (Phi) is 11.2. The van der Waals surface area contributed by atoms with Gasteiger partial charge in [-0.3, -0.25) is 14.0 Å². The molecule has 42 heavy (non-hydrogen) atoms. The highest BCUT2D eigenvalue weighted by atomic mass is 35.5. The Bertz CT molecular complexity index is 1760. The number of thiophene rings is 1. The molecular formula is C28H27ClN2O8S3. The highest BCUT2D eigenvalue weighted by Gasteiger charge is 2.32. The number of rotatable bonds is 5. The van der Waals surface area contributed by atoms with E-state index in [9.17, 15) is 21.6 Å². The number of fused-ring (bicyclic) bond motifs is 2. The lowest BCUT2D eigenvalue weighted by atomic mass is 10.0. The number of halogens is 1. The van der Waals surface area contributed by atoms with Crippen molar-refractivity contribution in [3.05, 3.63) is 93.1 Å². The second kappa shape index (κ2) is 14.2. The molecule has 14 heteroatoms. The predicted molar refractivity (Wildman–Crippen MR) is 160 cm³/mol. The SMILES string of the molecule is CC#N.COC(=O)[C@H](c1ccccc1Cl)N1CCc2sccc2C1.O=S(=O)(O)c1cccc2c(S(=O)(=O)O)cccc12. The number of carbonyl (C=O) groups excluding carboxylic acids is 1. The van der Waals surface area contributed by atoms with Crippen LogP contribution in [0.3, 0.4) is 0 Å². The summed E-state index contributed by atoms with van der Waals surface area (Å²) in [5.74, 6) is -0.262. The van der Waals surface area contributed by atoms with Crippen LogP contribution in [0, 0.1) is 11.3 Å². The summed E-state index contributed by atoms with van der Waals surface area (Å²) in [6.07, 6.45) is 0.963. The van der Waals surface area contributed by atoms with E-state index < -0.39 is 36.1 Å². The molecule has 0 bridgehead atoms. The molecule has 1 aliphatic heterocycles. The van der Waals surface area contributed by atoms with E-state index in [1.54, 1.807) is 17.4 Å². The maximum absolute atomic E-state index is 12.3. The van der Waals surface area contributed by atoms with Gasteiger partial charge in [0.05, 0.1) is 13.2 Å². The van der Waals surface area contributed by atoms with E-state index in [1.807, 2.05) is 24.3 Å². The summed E-state index contributed by atoms with van der Waals surface area (Å²) in [6, 6.07) is 18.4. The predicted octanol–water partition coefficient (Wildman–Crippen LogP) is 5.54. The van der Waals surface area contributed by atoms with Crippen LogP contribution in [0.2, 0.25) is 5.02 Å². The number of nitrogens with zero attached hydrogens (tertiary/aromatic N) is 2. The first kappa shape index (κ1) is 33.2. The van der Waals surface area contributed by atoms with E-state index >= 15 is 0 Å². The Morgan fingerprint density at radius 2 is 1.52 bits per heavy atom. The largest absolute Gasteiger partial charge is 0.468 e. The number of carbonyl (C=O) groups is 1. The lowest BCUT2D eigenvalue weighted by Crippen LogP contribution is -2.38. The van der Waals surface area contributed by atoms with Crippen molar-refractivity contribution < 1.29 is 35.5 Å². The summed E-state index contributed by atoms with van der Waals surface area (Å²) in [6.45, 7) is 3.02. The molecule has 222 valence electrons. The monoisotopic (exact) mass is 650 g/mol. The summed E-state index contributed by atoms with van der Waals surface area (Å²) in [5, 5.41) is 10.1. The van der Waals surface area contributed by atoms with Crippen molar-refractivity contribution in [2.45, 2.75) is 35.7 Å². The Morgan fingerprint density at radius 3 is 2.02 bits per heavy atom. The van der Waals surface area contributed by atoms with Gasteiger partial charge in [0.15, 0.2) is 0 Å². The van der Waals surface area contributed by atoms with E-state index in [0.29, 0.717) is 5.02 Å². The van der Waals surface area contributed by atoms with Gasteiger partial charge in [-0.1, -0.05) is 54.1 Å². The van der Waals surface area contributed by atoms with Gasteiger partial charge in [-0.25, -0.2) is 4.79 Å². The molecule has 0 saturated heterocycles. The minimum atomic E-state index is -4.47. The number of nitriles is 1. The molecule has 2 heterocycles. The quantitative estimate of drug-likeness (QED) is 0.207. The van der Waals surface area contributed by atoms with Gasteiger partial charge in [0.25, 0.3) is 20.2 Å². The molecule has 0 amide bonds. The third kappa shape index (κ3) is 7.93. The molecule has 1 aliphatic rings. The number of hydrogen-bond donors (Lipinski definition) is 2. The van der Waals surface area contributed by atoms with E-state index in [-0.39, 0.29) is 16.7 Å². The molecule has 10 nitrogen and oxygen atoms in total.